The summed E-state index contributed by atoms with van der Waals surface area (Å²) >= 11 is 2.74. The Hall–Kier alpha value is -1.33. The Morgan fingerprint density at radius 2 is 1.50 bits per heavy atom. The number of aryl methyl sites for hydroxylation is 2. The third-order valence-corrected chi connectivity index (χ3v) is 4.76. The monoisotopic (exact) mass is 372 g/mol. The van der Waals surface area contributed by atoms with Crippen LogP contribution in [0.3, 0.4) is 0 Å². The fraction of sp³-hybridized carbons (Fsp3) is 0.500. The van der Waals surface area contributed by atoms with Gasteiger partial charge in [0.05, 0.1) is 30.0 Å². The summed E-state index contributed by atoms with van der Waals surface area (Å²) in [5.74, 6) is 0. The third-order valence-electron chi connectivity index (χ3n) is 2.64. The van der Waals surface area contributed by atoms with Crippen molar-refractivity contribution in [1.82, 2.24) is 9.97 Å². The molecule has 2 rings (SSSR count). The maximum atomic E-state index is 8.99. The van der Waals surface area contributed by atoms with Gasteiger partial charge >= 0.3 is 14.1 Å². The molecule has 0 radical (unpaired) electrons. The van der Waals surface area contributed by atoms with Crippen LogP contribution in [0, 0.1) is 13.8 Å². The third kappa shape index (κ3) is 6.65. The highest BCUT2D eigenvalue weighted by atomic mass is 32.1. The molecular formula is C12H22B2N4O4S2. The molecule has 0 saturated carbocycles. The second-order valence-electron chi connectivity index (χ2n) is 4.92. The molecule has 0 fully saturated rings. The zero-order chi connectivity index (χ0) is 18.3. The summed E-state index contributed by atoms with van der Waals surface area (Å²) in [6, 6.07) is 0. The standard InChI is InChI=1S/2C6H11BN2O2S/c1-4-5(11-3)12-6(8-4)9-7(2)10;1-4-5(3-10)12-6(8-4)9-7(2)11/h10H,1-3H3,(H,8,9);10-11H,3H2,1-2H3,(H,8,9). The van der Waals surface area contributed by atoms with Crippen LogP contribution >= 0.6 is 22.7 Å². The quantitative estimate of drug-likeness (QED) is 0.484. The fourth-order valence-corrected chi connectivity index (χ4v) is 3.40. The molecule has 5 N–H and O–H groups in total. The van der Waals surface area contributed by atoms with E-state index < -0.39 is 14.1 Å². The highest BCUT2D eigenvalue weighted by Crippen LogP contribution is 2.29. The van der Waals surface area contributed by atoms with Crippen molar-refractivity contribution >= 4 is 47.0 Å². The van der Waals surface area contributed by atoms with E-state index in [0.717, 1.165) is 21.3 Å². The first kappa shape index (κ1) is 20.7. The molecule has 0 aliphatic heterocycles. The van der Waals surface area contributed by atoms with Crippen molar-refractivity contribution in [3.63, 3.8) is 0 Å². The molecule has 2 aromatic heterocycles. The summed E-state index contributed by atoms with van der Waals surface area (Å²) in [6.07, 6.45) is 0. The number of hydrogen-bond acceptors (Lipinski definition) is 10. The number of aliphatic hydroxyl groups is 1. The molecule has 0 spiro atoms. The van der Waals surface area contributed by atoms with Crippen LogP contribution in [0.1, 0.15) is 16.3 Å². The molecule has 0 amide bonds. The number of hydrogen-bond donors (Lipinski definition) is 5. The van der Waals surface area contributed by atoms with E-state index in [1.807, 2.05) is 13.8 Å². The molecule has 2 heterocycles. The van der Waals surface area contributed by atoms with E-state index in [9.17, 15) is 0 Å². The van der Waals surface area contributed by atoms with Crippen LogP contribution in [-0.4, -0.2) is 46.3 Å². The van der Waals surface area contributed by atoms with Crippen LogP contribution in [0.5, 0.6) is 5.06 Å². The van der Waals surface area contributed by atoms with E-state index in [1.54, 1.807) is 20.8 Å². The van der Waals surface area contributed by atoms with Crippen molar-refractivity contribution in [1.29, 1.82) is 0 Å². The lowest BCUT2D eigenvalue weighted by Gasteiger charge is -1.98. The second kappa shape index (κ2) is 9.84. The molecule has 0 aliphatic carbocycles. The van der Waals surface area contributed by atoms with E-state index in [4.69, 9.17) is 19.9 Å². The molecule has 0 saturated heterocycles. The van der Waals surface area contributed by atoms with Gasteiger partial charge in [0.15, 0.2) is 15.3 Å². The van der Waals surface area contributed by atoms with Crippen LogP contribution in [0.4, 0.5) is 10.3 Å². The molecular weight excluding hydrogens is 350 g/mol. The number of aliphatic hydroxyl groups excluding tert-OH is 1. The number of aromatic nitrogens is 2. The molecule has 0 bridgehead atoms. The Balaban J connectivity index is 0.000000240. The molecule has 132 valence electrons. The zero-order valence-corrected chi connectivity index (χ0v) is 16.0. The van der Waals surface area contributed by atoms with Crippen LogP contribution in [0.15, 0.2) is 0 Å². The van der Waals surface area contributed by atoms with E-state index >= 15 is 0 Å². The topological polar surface area (TPSA) is 120 Å². The number of rotatable bonds is 6. The summed E-state index contributed by atoms with van der Waals surface area (Å²) in [5.41, 5.74) is 1.65. The maximum absolute atomic E-state index is 8.99. The minimum Gasteiger partial charge on any atom is -0.486 e. The Bertz CT molecular complexity index is 582. The smallest absolute Gasteiger partial charge is 0.408 e. The van der Waals surface area contributed by atoms with Gasteiger partial charge in [-0.1, -0.05) is 11.3 Å². The predicted molar refractivity (Wildman–Crippen MR) is 101 cm³/mol. The normalized spacial score (nSPS) is 9.83. The van der Waals surface area contributed by atoms with Gasteiger partial charge in [-0.05, 0) is 27.5 Å². The van der Waals surface area contributed by atoms with Crippen molar-refractivity contribution in [2.24, 2.45) is 0 Å². The van der Waals surface area contributed by atoms with E-state index in [1.165, 1.54) is 22.7 Å². The largest absolute Gasteiger partial charge is 0.486 e. The first-order valence-electron chi connectivity index (χ1n) is 7.24. The molecule has 12 heteroatoms. The number of nitrogens with zero attached hydrogens (tertiary/aromatic N) is 2. The second-order valence-corrected chi connectivity index (χ2v) is 6.97. The van der Waals surface area contributed by atoms with Crippen molar-refractivity contribution in [2.45, 2.75) is 34.1 Å². The van der Waals surface area contributed by atoms with E-state index in [-0.39, 0.29) is 6.61 Å². The fourth-order valence-electron chi connectivity index (χ4n) is 1.63. The Morgan fingerprint density at radius 3 is 1.88 bits per heavy atom. The number of nitrogens with one attached hydrogen (secondary N) is 2. The molecule has 2 aromatic rings. The highest BCUT2D eigenvalue weighted by Gasteiger charge is 2.10. The SMILES string of the molecule is CB(O)Nc1nc(C)c(CO)s1.COc1sc(NB(C)O)nc1C. The molecule has 0 unspecified atom stereocenters. The van der Waals surface area contributed by atoms with Crippen LogP contribution in [0.2, 0.25) is 13.6 Å². The van der Waals surface area contributed by atoms with Gasteiger partial charge in [0, 0.05) is 0 Å². The number of anilines is 2. The molecule has 0 aromatic carbocycles. The summed E-state index contributed by atoms with van der Waals surface area (Å²) in [4.78, 5) is 9.08. The van der Waals surface area contributed by atoms with E-state index in [2.05, 4.69) is 20.4 Å². The lowest BCUT2D eigenvalue weighted by molar-refractivity contribution is 0.284. The first-order chi connectivity index (χ1) is 11.3. The maximum Gasteiger partial charge on any atom is 0.408 e. The summed E-state index contributed by atoms with van der Waals surface area (Å²) in [7, 11) is 0.412. The molecule has 0 aliphatic rings. The lowest BCUT2D eigenvalue weighted by atomic mass is 9.90. The molecule has 24 heavy (non-hydrogen) atoms. The first-order valence-corrected chi connectivity index (χ1v) is 8.87. The van der Waals surface area contributed by atoms with Crippen molar-refractivity contribution in [3.05, 3.63) is 16.3 Å². The summed E-state index contributed by atoms with van der Waals surface area (Å²) in [5, 5.41) is 34.4. The van der Waals surface area contributed by atoms with Crippen LogP contribution in [-0.2, 0) is 6.61 Å². The van der Waals surface area contributed by atoms with Crippen LogP contribution < -0.4 is 15.2 Å². The summed E-state index contributed by atoms with van der Waals surface area (Å²) in [6.45, 7) is 6.96. The van der Waals surface area contributed by atoms with Gasteiger partial charge < -0.3 is 30.3 Å². The van der Waals surface area contributed by atoms with E-state index in [0.29, 0.717) is 10.3 Å². The van der Waals surface area contributed by atoms with Gasteiger partial charge in [0.25, 0.3) is 0 Å². The van der Waals surface area contributed by atoms with Crippen molar-refractivity contribution < 1.29 is 19.9 Å². The minimum absolute atomic E-state index is 0.00495. The van der Waals surface area contributed by atoms with Gasteiger partial charge in [-0.3, -0.25) is 0 Å². The van der Waals surface area contributed by atoms with Crippen LogP contribution in [0.25, 0.3) is 0 Å². The van der Waals surface area contributed by atoms with Gasteiger partial charge in [-0.25, -0.2) is 9.97 Å². The summed E-state index contributed by atoms with van der Waals surface area (Å²) < 4.78 is 5.04. The number of methoxy groups -OCH3 is 1. The average molecular weight is 372 g/mol. The predicted octanol–water partition coefficient (Wildman–Crippen LogP) is 1.45. The molecule has 8 nitrogen and oxygen atoms in total. The van der Waals surface area contributed by atoms with Gasteiger partial charge in [0.1, 0.15) is 0 Å². The highest BCUT2D eigenvalue weighted by molar-refractivity contribution is 7.18. The van der Waals surface area contributed by atoms with Gasteiger partial charge in [0.2, 0.25) is 0 Å². The van der Waals surface area contributed by atoms with Crippen molar-refractivity contribution in [2.75, 3.05) is 17.6 Å². The minimum atomic E-state index is -0.609. The lowest BCUT2D eigenvalue weighted by Crippen LogP contribution is -2.19. The van der Waals surface area contributed by atoms with Gasteiger partial charge in [-0.15, -0.1) is 11.3 Å². The Kier molecular flexibility index (Phi) is 8.49. The number of ether oxygens (including phenoxy) is 1. The van der Waals surface area contributed by atoms with Crippen molar-refractivity contribution in [3.8, 4) is 5.06 Å². The average Bonchev–Trinajstić information content (AvgIpc) is 3.00. The zero-order valence-electron chi connectivity index (χ0n) is 14.3. The Morgan fingerprint density at radius 1 is 1.00 bits per heavy atom. The Labute approximate surface area is 150 Å². The van der Waals surface area contributed by atoms with Gasteiger partial charge in [-0.2, -0.15) is 0 Å². The number of thiazole rings is 2. The molecule has 0 atom stereocenters.